The lowest BCUT2D eigenvalue weighted by molar-refractivity contribution is -0.135. The van der Waals surface area contributed by atoms with Crippen molar-refractivity contribution >= 4 is 17.6 Å². The number of aromatic nitrogens is 1. The zero-order valence-electron chi connectivity index (χ0n) is 20.2. The summed E-state index contributed by atoms with van der Waals surface area (Å²) in [5, 5.41) is 4.11. The van der Waals surface area contributed by atoms with E-state index < -0.39 is 0 Å². The molecule has 0 aliphatic carbocycles. The van der Waals surface area contributed by atoms with Crippen LogP contribution in [0.15, 0.2) is 34.9 Å². The van der Waals surface area contributed by atoms with Gasteiger partial charge in [-0.15, -0.1) is 0 Å². The molecule has 2 saturated heterocycles. The zero-order chi connectivity index (χ0) is 24.0. The van der Waals surface area contributed by atoms with Gasteiger partial charge >= 0.3 is 0 Å². The summed E-state index contributed by atoms with van der Waals surface area (Å²) >= 11 is 0. The Morgan fingerprint density at radius 3 is 2.74 bits per heavy atom. The number of hydrogen-bond acceptors (Lipinski definition) is 7. The van der Waals surface area contributed by atoms with Gasteiger partial charge in [0.2, 0.25) is 11.7 Å². The molecular formula is C26H34N4O5. The molecule has 5 rings (SSSR count). The standard InChI is InChI=1S/C26H34N4O5/c31-25-19-29(26(32)23-18-24(27-35-23)28-12-15-33-16-13-28)10-4-14-34-22-7-3-5-20(17-22)8-9-21-6-1-2-11-30(21)25/h3,5,7,17-18,21H,1-2,4,6,8-16,19H2. The van der Waals surface area contributed by atoms with E-state index in [4.69, 9.17) is 14.0 Å². The molecule has 0 N–H and O–H groups in total. The minimum Gasteiger partial charge on any atom is -0.494 e. The highest BCUT2D eigenvalue weighted by Crippen LogP contribution is 2.24. The van der Waals surface area contributed by atoms with E-state index in [-0.39, 0.29) is 30.2 Å². The van der Waals surface area contributed by atoms with Crippen LogP contribution in [0.5, 0.6) is 5.75 Å². The number of fused-ring (bicyclic) bond motifs is 3. The van der Waals surface area contributed by atoms with Crippen molar-refractivity contribution in [3.8, 4) is 5.75 Å². The van der Waals surface area contributed by atoms with Crippen molar-refractivity contribution in [1.82, 2.24) is 15.0 Å². The van der Waals surface area contributed by atoms with E-state index in [0.717, 1.165) is 44.4 Å². The Morgan fingerprint density at radius 1 is 0.971 bits per heavy atom. The van der Waals surface area contributed by atoms with Crippen LogP contribution >= 0.6 is 0 Å². The van der Waals surface area contributed by atoms with Crippen molar-refractivity contribution in [1.29, 1.82) is 0 Å². The molecule has 1 unspecified atom stereocenters. The number of nitrogens with zero attached hydrogens (tertiary/aromatic N) is 4. The summed E-state index contributed by atoms with van der Waals surface area (Å²) in [6.07, 6.45) is 5.55. The molecule has 0 saturated carbocycles. The van der Waals surface area contributed by atoms with Gasteiger partial charge in [0.1, 0.15) is 12.3 Å². The summed E-state index contributed by atoms with van der Waals surface area (Å²) < 4.78 is 16.8. The summed E-state index contributed by atoms with van der Waals surface area (Å²) in [5.74, 6) is 1.32. The summed E-state index contributed by atoms with van der Waals surface area (Å²) in [4.78, 5) is 32.5. The first-order valence-corrected chi connectivity index (χ1v) is 12.8. The zero-order valence-corrected chi connectivity index (χ0v) is 20.2. The largest absolute Gasteiger partial charge is 0.494 e. The van der Waals surface area contributed by atoms with Crippen LogP contribution in [-0.2, 0) is 16.0 Å². The van der Waals surface area contributed by atoms with E-state index in [1.54, 1.807) is 11.0 Å². The third kappa shape index (κ3) is 5.78. The molecule has 9 heteroatoms. The number of aryl methyl sites for hydroxylation is 1. The molecule has 1 atom stereocenters. The van der Waals surface area contributed by atoms with Crippen LogP contribution in [0.1, 0.15) is 48.2 Å². The van der Waals surface area contributed by atoms with Crippen molar-refractivity contribution in [2.45, 2.75) is 44.6 Å². The summed E-state index contributed by atoms with van der Waals surface area (Å²) in [6, 6.07) is 10.1. The Morgan fingerprint density at radius 2 is 1.86 bits per heavy atom. The van der Waals surface area contributed by atoms with E-state index in [1.165, 1.54) is 5.56 Å². The molecule has 35 heavy (non-hydrogen) atoms. The highest BCUT2D eigenvalue weighted by atomic mass is 16.5. The van der Waals surface area contributed by atoms with Crippen LogP contribution in [0, 0.1) is 0 Å². The maximum atomic E-state index is 13.4. The van der Waals surface area contributed by atoms with Crippen LogP contribution in [0.4, 0.5) is 5.82 Å². The normalized spacial score (nSPS) is 22.2. The Bertz CT molecular complexity index is 1020. The molecule has 2 aromatic rings. The maximum absolute atomic E-state index is 13.4. The van der Waals surface area contributed by atoms with Crippen molar-refractivity contribution in [3.05, 3.63) is 41.7 Å². The van der Waals surface area contributed by atoms with Gasteiger partial charge in [-0.3, -0.25) is 9.59 Å². The first-order valence-electron chi connectivity index (χ1n) is 12.8. The van der Waals surface area contributed by atoms with E-state index in [2.05, 4.69) is 17.3 Å². The fourth-order valence-corrected chi connectivity index (χ4v) is 5.17. The van der Waals surface area contributed by atoms with Gasteiger partial charge in [0, 0.05) is 38.3 Å². The van der Waals surface area contributed by atoms with Crippen molar-refractivity contribution in [2.24, 2.45) is 0 Å². The van der Waals surface area contributed by atoms with E-state index in [1.807, 2.05) is 21.9 Å². The second-order valence-corrected chi connectivity index (χ2v) is 9.50. The van der Waals surface area contributed by atoms with Crippen LogP contribution < -0.4 is 9.64 Å². The molecule has 0 radical (unpaired) electrons. The maximum Gasteiger partial charge on any atom is 0.293 e. The highest BCUT2D eigenvalue weighted by Gasteiger charge is 2.30. The molecule has 188 valence electrons. The number of ether oxygens (including phenoxy) is 2. The SMILES string of the molecule is O=C(c1cc(N2CCOCC2)no1)N1CCCOc2cccc(c2)CCC2CCCCN2C(=O)C1. The van der Waals surface area contributed by atoms with E-state index in [9.17, 15) is 9.59 Å². The van der Waals surface area contributed by atoms with Crippen LogP contribution in [-0.4, -0.2) is 85.4 Å². The fraction of sp³-hybridized carbons (Fsp3) is 0.577. The monoisotopic (exact) mass is 482 g/mol. The predicted molar refractivity (Wildman–Crippen MR) is 130 cm³/mol. The molecule has 3 aliphatic heterocycles. The lowest BCUT2D eigenvalue weighted by Gasteiger charge is -2.37. The average molecular weight is 483 g/mol. The smallest absolute Gasteiger partial charge is 0.293 e. The molecule has 0 spiro atoms. The van der Waals surface area contributed by atoms with Crippen molar-refractivity contribution < 1.29 is 23.6 Å². The van der Waals surface area contributed by atoms with Crippen LogP contribution in [0.2, 0.25) is 0 Å². The fourth-order valence-electron chi connectivity index (χ4n) is 5.17. The average Bonchev–Trinajstić information content (AvgIpc) is 3.40. The number of rotatable bonds is 2. The number of amides is 2. The number of benzene rings is 1. The number of anilines is 1. The van der Waals surface area contributed by atoms with Crippen LogP contribution in [0.25, 0.3) is 0 Å². The Labute approximate surface area is 205 Å². The lowest BCUT2D eigenvalue weighted by Crippen LogP contribution is -2.49. The third-order valence-corrected chi connectivity index (χ3v) is 7.11. The first kappa shape index (κ1) is 23.7. The molecule has 2 amide bonds. The van der Waals surface area contributed by atoms with Gasteiger partial charge in [-0.05, 0) is 56.2 Å². The van der Waals surface area contributed by atoms with Gasteiger partial charge in [0.15, 0.2) is 5.82 Å². The van der Waals surface area contributed by atoms with E-state index in [0.29, 0.717) is 51.7 Å². The molecule has 1 aromatic carbocycles. The molecule has 3 aliphatic rings. The Balaban J connectivity index is 1.34. The second-order valence-electron chi connectivity index (χ2n) is 9.50. The van der Waals surface area contributed by atoms with Crippen molar-refractivity contribution in [2.75, 3.05) is 57.4 Å². The number of carbonyl (C=O) groups excluding carboxylic acids is 2. The third-order valence-electron chi connectivity index (χ3n) is 7.11. The summed E-state index contributed by atoms with van der Waals surface area (Å²) in [6.45, 7) is 4.30. The molecular weight excluding hydrogens is 448 g/mol. The van der Waals surface area contributed by atoms with Gasteiger partial charge in [-0.25, -0.2) is 0 Å². The van der Waals surface area contributed by atoms with Gasteiger partial charge in [-0.1, -0.05) is 17.3 Å². The number of hydrogen-bond donors (Lipinski definition) is 0. The van der Waals surface area contributed by atoms with Gasteiger partial charge < -0.3 is 28.7 Å². The topological polar surface area (TPSA) is 88.3 Å². The quantitative estimate of drug-likeness (QED) is 0.650. The number of morpholine rings is 1. The molecule has 4 heterocycles. The lowest BCUT2D eigenvalue weighted by atomic mass is 9.95. The summed E-state index contributed by atoms with van der Waals surface area (Å²) in [5.41, 5.74) is 1.23. The highest BCUT2D eigenvalue weighted by molar-refractivity contribution is 5.94. The van der Waals surface area contributed by atoms with Gasteiger partial charge in [0.05, 0.1) is 19.8 Å². The minimum absolute atomic E-state index is 0.00250. The predicted octanol–water partition coefficient (Wildman–Crippen LogP) is 2.75. The first-order chi connectivity index (χ1) is 17.2. The Kier molecular flexibility index (Phi) is 7.51. The minimum atomic E-state index is -0.312. The molecule has 1 aromatic heterocycles. The molecule has 2 bridgehead atoms. The number of piperidine rings is 1. The van der Waals surface area contributed by atoms with Gasteiger partial charge in [0.25, 0.3) is 5.91 Å². The van der Waals surface area contributed by atoms with Gasteiger partial charge in [-0.2, -0.15) is 0 Å². The summed E-state index contributed by atoms with van der Waals surface area (Å²) in [7, 11) is 0. The Hall–Kier alpha value is -3.07. The van der Waals surface area contributed by atoms with Crippen molar-refractivity contribution in [3.63, 3.8) is 0 Å². The molecule has 2 fully saturated rings. The second kappa shape index (κ2) is 11.1. The van der Waals surface area contributed by atoms with E-state index >= 15 is 0 Å². The van der Waals surface area contributed by atoms with Crippen LogP contribution in [0.3, 0.4) is 0 Å². The molecule has 9 nitrogen and oxygen atoms in total. The number of carbonyl (C=O) groups is 2.